The fourth-order valence-corrected chi connectivity index (χ4v) is 2.74. The van der Waals surface area contributed by atoms with Gasteiger partial charge in [0.1, 0.15) is 5.82 Å². The second-order valence-corrected chi connectivity index (χ2v) is 5.45. The minimum Gasteiger partial charge on any atom is -0.392 e. The summed E-state index contributed by atoms with van der Waals surface area (Å²) >= 11 is 3.31. The summed E-state index contributed by atoms with van der Waals surface area (Å²) in [6.45, 7) is 2.64. The zero-order valence-electron chi connectivity index (χ0n) is 9.70. The highest BCUT2D eigenvalue weighted by molar-refractivity contribution is 9.10. The van der Waals surface area contributed by atoms with Crippen LogP contribution in [0, 0.1) is 11.7 Å². The van der Waals surface area contributed by atoms with Crippen molar-refractivity contribution in [2.45, 2.75) is 32.0 Å². The van der Waals surface area contributed by atoms with Gasteiger partial charge in [0, 0.05) is 23.4 Å². The predicted molar refractivity (Wildman–Crippen MR) is 67.3 cm³/mol. The second-order valence-electron chi connectivity index (χ2n) is 4.54. The van der Waals surface area contributed by atoms with Crippen molar-refractivity contribution >= 4 is 15.9 Å². The third kappa shape index (κ3) is 3.06. The van der Waals surface area contributed by atoms with Gasteiger partial charge in [-0.15, -0.1) is 0 Å². The molecular weight excluding hydrogens is 287 g/mol. The first-order valence-electron chi connectivity index (χ1n) is 5.81. The minimum absolute atomic E-state index is 0.0558. The Kier molecular flexibility index (Phi) is 4.17. The molecule has 1 N–H and O–H groups in total. The molecule has 0 amide bonds. The van der Waals surface area contributed by atoms with Gasteiger partial charge in [-0.1, -0.05) is 15.9 Å². The van der Waals surface area contributed by atoms with E-state index >= 15 is 0 Å². The molecule has 3 atom stereocenters. The van der Waals surface area contributed by atoms with Crippen LogP contribution in [0.1, 0.15) is 18.9 Å². The maximum Gasteiger partial charge on any atom is 0.126 e. The van der Waals surface area contributed by atoms with Crippen molar-refractivity contribution in [2.75, 3.05) is 6.61 Å². The highest BCUT2D eigenvalue weighted by Crippen LogP contribution is 2.27. The first-order valence-corrected chi connectivity index (χ1v) is 6.61. The van der Waals surface area contributed by atoms with Crippen molar-refractivity contribution in [3.05, 3.63) is 34.1 Å². The van der Waals surface area contributed by atoms with Crippen LogP contribution < -0.4 is 0 Å². The van der Waals surface area contributed by atoms with Gasteiger partial charge in [0.05, 0.1) is 12.2 Å². The van der Waals surface area contributed by atoms with Gasteiger partial charge in [-0.05, 0) is 37.1 Å². The smallest absolute Gasteiger partial charge is 0.126 e. The van der Waals surface area contributed by atoms with Gasteiger partial charge < -0.3 is 9.84 Å². The maximum absolute atomic E-state index is 13.6. The summed E-state index contributed by atoms with van der Waals surface area (Å²) in [5.41, 5.74) is 0.547. The van der Waals surface area contributed by atoms with Crippen molar-refractivity contribution in [3.8, 4) is 0 Å². The highest BCUT2D eigenvalue weighted by Gasteiger charge is 2.31. The zero-order valence-corrected chi connectivity index (χ0v) is 11.3. The molecule has 94 valence electrons. The molecule has 0 aliphatic carbocycles. The van der Waals surface area contributed by atoms with Crippen LogP contribution in [0.5, 0.6) is 0 Å². The molecule has 2 rings (SSSR count). The van der Waals surface area contributed by atoms with Crippen LogP contribution in [0.3, 0.4) is 0 Å². The van der Waals surface area contributed by atoms with E-state index in [4.69, 9.17) is 4.74 Å². The Hall–Kier alpha value is -0.450. The molecule has 1 aromatic rings. The number of rotatable bonds is 3. The average molecular weight is 303 g/mol. The average Bonchev–Trinajstić information content (AvgIpc) is 2.70. The van der Waals surface area contributed by atoms with E-state index in [0.29, 0.717) is 18.6 Å². The van der Waals surface area contributed by atoms with Gasteiger partial charge >= 0.3 is 0 Å². The summed E-state index contributed by atoms with van der Waals surface area (Å²) in [5, 5.41) is 10.1. The van der Waals surface area contributed by atoms with Crippen molar-refractivity contribution < 1.29 is 14.2 Å². The number of hydrogen-bond donors (Lipinski definition) is 1. The van der Waals surface area contributed by atoms with E-state index in [9.17, 15) is 9.50 Å². The quantitative estimate of drug-likeness (QED) is 0.930. The minimum atomic E-state index is -0.545. The standard InChI is InChI=1S/C13H16BrFO2/c1-8-11(4-5-17-8)13(16)7-9-6-10(14)2-3-12(9)15/h2-3,6,8,11,13,16H,4-5,7H2,1H3. The number of ether oxygens (including phenoxy) is 1. The molecule has 1 fully saturated rings. The van der Waals surface area contributed by atoms with Gasteiger partial charge in [0.25, 0.3) is 0 Å². The molecule has 0 bridgehead atoms. The monoisotopic (exact) mass is 302 g/mol. The summed E-state index contributed by atoms with van der Waals surface area (Å²) in [6.07, 6.45) is 0.693. The first-order chi connectivity index (χ1) is 8.08. The zero-order chi connectivity index (χ0) is 12.4. The molecule has 1 saturated heterocycles. The van der Waals surface area contributed by atoms with Gasteiger partial charge in [-0.2, -0.15) is 0 Å². The largest absolute Gasteiger partial charge is 0.392 e. The number of hydrogen-bond acceptors (Lipinski definition) is 2. The molecule has 4 heteroatoms. The Morgan fingerprint density at radius 2 is 2.35 bits per heavy atom. The third-order valence-corrected chi connectivity index (χ3v) is 3.86. The van der Waals surface area contributed by atoms with Gasteiger partial charge in [0.15, 0.2) is 0 Å². The fraction of sp³-hybridized carbons (Fsp3) is 0.538. The maximum atomic E-state index is 13.6. The first kappa shape index (κ1) is 13.0. The fourth-order valence-electron chi connectivity index (χ4n) is 2.33. The van der Waals surface area contributed by atoms with Crippen LogP contribution in [0.2, 0.25) is 0 Å². The van der Waals surface area contributed by atoms with Crippen molar-refractivity contribution in [2.24, 2.45) is 5.92 Å². The lowest BCUT2D eigenvalue weighted by molar-refractivity contribution is 0.0437. The molecular formula is C13H16BrFO2. The number of halogens is 2. The van der Waals surface area contributed by atoms with Crippen molar-refractivity contribution in [1.82, 2.24) is 0 Å². The second kappa shape index (κ2) is 5.46. The van der Waals surface area contributed by atoms with E-state index in [0.717, 1.165) is 10.9 Å². The Balaban J connectivity index is 2.07. The molecule has 1 aliphatic heterocycles. The predicted octanol–water partition coefficient (Wildman–Crippen LogP) is 2.92. The van der Waals surface area contributed by atoms with E-state index in [2.05, 4.69) is 15.9 Å². The SMILES string of the molecule is CC1OCCC1C(O)Cc1cc(Br)ccc1F. The van der Waals surface area contributed by atoms with Crippen molar-refractivity contribution in [3.63, 3.8) is 0 Å². The van der Waals surface area contributed by atoms with E-state index in [1.165, 1.54) is 6.07 Å². The molecule has 2 nitrogen and oxygen atoms in total. The molecule has 1 heterocycles. The lowest BCUT2D eigenvalue weighted by atomic mass is 9.91. The molecule has 0 saturated carbocycles. The molecule has 17 heavy (non-hydrogen) atoms. The van der Waals surface area contributed by atoms with Crippen molar-refractivity contribution in [1.29, 1.82) is 0 Å². The van der Waals surface area contributed by atoms with E-state index in [1.807, 2.05) is 6.92 Å². The Bertz CT molecular complexity index is 397. The third-order valence-electron chi connectivity index (χ3n) is 3.37. The summed E-state index contributed by atoms with van der Waals surface area (Å²) < 4.78 is 19.8. The molecule has 1 aromatic carbocycles. The number of aliphatic hydroxyl groups excluding tert-OH is 1. The highest BCUT2D eigenvalue weighted by atomic mass is 79.9. The lowest BCUT2D eigenvalue weighted by Gasteiger charge is -2.21. The summed E-state index contributed by atoms with van der Waals surface area (Å²) in [5.74, 6) is -0.160. The van der Waals surface area contributed by atoms with Crippen LogP contribution in [0.15, 0.2) is 22.7 Å². The summed E-state index contributed by atoms with van der Waals surface area (Å²) in [7, 11) is 0. The van der Waals surface area contributed by atoms with Crippen LogP contribution in [0.4, 0.5) is 4.39 Å². The normalized spacial score (nSPS) is 26.1. The lowest BCUT2D eigenvalue weighted by Crippen LogP contribution is -2.28. The Morgan fingerprint density at radius 3 is 3.00 bits per heavy atom. The van der Waals surface area contributed by atoms with Gasteiger partial charge in [-0.3, -0.25) is 0 Å². The summed E-state index contributed by atoms with van der Waals surface area (Å²) in [4.78, 5) is 0. The Morgan fingerprint density at radius 1 is 1.59 bits per heavy atom. The van der Waals surface area contributed by atoms with Crippen LogP contribution in [-0.4, -0.2) is 23.9 Å². The van der Waals surface area contributed by atoms with E-state index < -0.39 is 6.10 Å². The van der Waals surface area contributed by atoms with Crippen LogP contribution in [-0.2, 0) is 11.2 Å². The summed E-state index contributed by atoms with van der Waals surface area (Å²) in [6, 6.07) is 4.80. The number of benzene rings is 1. The Labute approximate surface area is 109 Å². The molecule has 0 aromatic heterocycles. The van der Waals surface area contributed by atoms with E-state index in [1.54, 1.807) is 12.1 Å². The van der Waals surface area contributed by atoms with Crippen LogP contribution in [0.25, 0.3) is 0 Å². The van der Waals surface area contributed by atoms with E-state index in [-0.39, 0.29) is 17.8 Å². The topological polar surface area (TPSA) is 29.5 Å². The number of aliphatic hydroxyl groups is 1. The molecule has 0 spiro atoms. The van der Waals surface area contributed by atoms with Crippen LogP contribution >= 0.6 is 15.9 Å². The van der Waals surface area contributed by atoms with Gasteiger partial charge in [-0.25, -0.2) is 4.39 Å². The molecule has 3 unspecified atom stereocenters. The van der Waals surface area contributed by atoms with Gasteiger partial charge in [0.2, 0.25) is 0 Å². The molecule has 0 radical (unpaired) electrons. The molecule has 1 aliphatic rings.